The third-order valence-electron chi connectivity index (χ3n) is 4.85. The first-order valence-electron chi connectivity index (χ1n) is 10.1. The molecule has 0 aromatic heterocycles. The molecule has 0 saturated heterocycles. The zero-order valence-corrected chi connectivity index (χ0v) is 19.4. The van der Waals surface area contributed by atoms with Gasteiger partial charge in [0.25, 0.3) is 5.78 Å². The summed E-state index contributed by atoms with van der Waals surface area (Å²) in [5, 5.41) is 5.42. The number of amides is 2. The summed E-state index contributed by atoms with van der Waals surface area (Å²) in [5.74, 6) is -4.29. The van der Waals surface area contributed by atoms with Crippen LogP contribution in [0.15, 0.2) is 48.5 Å². The van der Waals surface area contributed by atoms with Gasteiger partial charge in [0.2, 0.25) is 11.8 Å². The van der Waals surface area contributed by atoms with E-state index in [0.717, 1.165) is 5.56 Å². The van der Waals surface area contributed by atoms with Crippen molar-refractivity contribution >= 4 is 40.8 Å². The maximum Gasteiger partial charge on any atom is 0.452 e. The molecule has 0 aliphatic carbocycles. The summed E-state index contributed by atoms with van der Waals surface area (Å²) in [6, 6.07) is 9.91. The van der Waals surface area contributed by atoms with Crippen LogP contribution in [-0.2, 0) is 20.8 Å². The molecule has 1 unspecified atom stereocenters. The van der Waals surface area contributed by atoms with Crippen LogP contribution in [0, 0.1) is 5.92 Å². The zero-order valence-electron chi connectivity index (χ0n) is 17.9. The Morgan fingerprint density at radius 2 is 1.58 bits per heavy atom. The van der Waals surface area contributed by atoms with E-state index in [1.54, 1.807) is 48.5 Å². The molecule has 0 saturated carbocycles. The van der Waals surface area contributed by atoms with E-state index in [4.69, 9.17) is 23.2 Å². The van der Waals surface area contributed by atoms with Crippen LogP contribution in [0.25, 0.3) is 0 Å². The second-order valence-electron chi connectivity index (χ2n) is 7.75. The number of halogens is 5. The van der Waals surface area contributed by atoms with Crippen molar-refractivity contribution < 1.29 is 27.6 Å². The molecule has 2 atom stereocenters. The molecule has 2 N–H and O–H groups in total. The number of benzene rings is 2. The maximum atomic E-state index is 13.0. The molecule has 0 spiro atoms. The number of Topliss-reactive ketones (excluding diaryl/α,β-unsaturated/α-hetero) is 1. The minimum Gasteiger partial charge on any atom is -0.344 e. The van der Waals surface area contributed by atoms with Gasteiger partial charge >= 0.3 is 6.18 Å². The molecule has 2 amide bonds. The van der Waals surface area contributed by atoms with E-state index < -0.39 is 41.8 Å². The Morgan fingerprint density at radius 1 is 0.939 bits per heavy atom. The molecule has 178 valence electrons. The summed E-state index contributed by atoms with van der Waals surface area (Å²) < 4.78 is 38.9. The fourth-order valence-corrected chi connectivity index (χ4v) is 3.40. The van der Waals surface area contributed by atoms with Crippen LogP contribution in [0.4, 0.5) is 13.2 Å². The number of hydrogen-bond donors (Lipinski definition) is 2. The van der Waals surface area contributed by atoms with Gasteiger partial charge in [-0.1, -0.05) is 73.4 Å². The summed E-state index contributed by atoms with van der Waals surface area (Å²) in [4.78, 5) is 37.3. The first kappa shape index (κ1) is 26.7. The van der Waals surface area contributed by atoms with Crippen LogP contribution in [-0.4, -0.2) is 29.8 Å². The van der Waals surface area contributed by atoms with Gasteiger partial charge in [0.15, 0.2) is 0 Å². The van der Waals surface area contributed by atoms with Gasteiger partial charge in [-0.15, -0.1) is 0 Å². The van der Waals surface area contributed by atoms with Crippen LogP contribution in [0.1, 0.15) is 37.4 Å². The zero-order chi connectivity index (χ0) is 24.8. The smallest absolute Gasteiger partial charge is 0.344 e. The number of alkyl halides is 3. The lowest BCUT2D eigenvalue weighted by Gasteiger charge is -2.26. The minimum atomic E-state index is -5.10. The van der Waals surface area contributed by atoms with Gasteiger partial charge in [-0.25, -0.2) is 0 Å². The van der Waals surface area contributed by atoms with Gasteiger partial charge in [-0.3, -0.25) is 14.4 Å². The highest BCUT2D eigenvalue weighted by Crippen LogP contribution is 2.24. The van der Waals surface area contributed by atoms with Crippen molar-refractivity contribution in [1.29, 1.82) is 0 Å². The Hall–Kier alpha value is -2.58. The Bertz CT molecular complexity index is 998. The molecule has 0 aliphatic rings. The van der Waals surface area contributed by atoms with Gasteiger partial charge in [0, 0.05) is 6.42 Å². The lowest BCUT2D eigenvalue weighted by Crippen LogP contribution is -2.52. The highest BCUT2D eigenvalue weighted by molar-refractivity contribution is 6.42. The molecule has 2 rings (SSSR count). The van der Waals surface area contributed by atoms with Crippen LogP contribution in [0.5, 0.6) is 0 Å². The van der Waals surface area contributed by atoms with Crippen LogP contribution >= 0.6 is 23.2 Å². The summed E-state index contributed by atoms with van der Waals surface area (Å²) in [7, 11) is 0. The number of carbonyl (C=O) groups excluding carboxylic acids is 3. The predicted octanol–water partition coefficient (Wildman–Crippen LogP) is 5.06. The van der Waals surface area contributed by atoms with E-state index in [9.17, 15) is 27.6 Å². The second-order valence-corrected chi connectivity index (χ2v) is 8.57. The molecule has 10 heteroatoms. The van der Waals surface area contributed by atoms with Gasteiger partial charge < -0.3 is 10.6 Å². The summed E-state index contributed by atoms with van der Waals surface area (Å²) in [6.07, 6.45) is -4.82. The standard InChI is InChI=1S/C23H23Cl2F3N2O3/c1-13(2)19(21(32)23(26,27)28)30-22(33)20(15-6-4-3-5-7-15)29-18(31)11-9-14-8-10-16(24)17(25)12-14/h3-8,10,12-13,19-20H,9,11H2,1-2H3,(H,29,31)(H,30,33)/t19-,20?/m0/s1. The van der Waals surface area contributed by atoms with Crippen molar-refractivity contribution in [2.75, 3.05) is 0 Å². The van der Waals surface area contributed by atoms with Gasteiger partial charge in [0.05, 0.1) is 16.1 Å². The third kappa shape index (κ3) is 7.75. The topological polar surface area (TPSA) is 75.3 Å². The molecule has 0 heterocycles. The third-order valence-corrected chi connectivity index (χ3v) is 5.59. The maximum absolute atomic E-state index is 13.0. The molecule has 33 heavy (non-hydrogen) atoms. The first-order valence-corrected chi connectivity index (χ1v) is 10.9. The van der Waals surface area contributed by atoms with E-state index >= 15 is 0 Å². The predicted molar refractivity (Wildman–Crippen MR) is 120 cm³/mol. The lowest BCUT2D eigenvalue weighted by atomic mass is 9.98. The average molecular weight is 503 g/mol. The van der Waals surface area contributed by atoms with Crippen molar-refractivity contribution in [1.82, 2.24) is 10.6 Å². The fraction of sp³-hybridized carbons (Fsp3) is 0.348. The number of hydrogen-bond acceptors (Lipinski definition) is 3. The molecule has 0 fully saturated rings. The highest BCUT2D eigenvalue weighted by atomic mass is 35.5. The SMILES string of the molecule is CC(C)[C@H](NC(=O)C(NC(=O)CCc1ccc(Cl)c(Cl)c1)c1ccccc1)C(=O)C(F)(F)F. The quantitative estimate of drug-likeness (QED) is 0.503. The molecule has 0 radical (unpaired) electrons. The second kappa shape index (κ2) is 11.5. The van der Waals surface area contributed by atoms with E-state index in [1.807, 2.05) is 0 Å². The van der Waals surface area contributed by atoms with E-state index in [0.29, 0.717) is 22.0 Å². The van der Waals surface area contributed by atoms with Crippen LogP contribution in [0.3, 0.4) is 0 Å². The van der Waals surface area contributed by atoms with Crippen LogP contribution in [0.2, 0.25) is 10.0 Å². The summed E-state index contributed by atoms with van der Waals surface area (Å²) in [5.41, 5.74) is 1.11. The highest BCUT2D eigenvalue weighted by Gasteiger charge is 2.45. The molecule has 0 bridgehead atoms. The first-order chi connectivity index (χ1) is 15.4. The van der Waals surface area contributed by atoms with Crippen molar-refractivity contribution in [3.8, 4) is 0 Å². The number of nitrogens with one attached hydrogen (secondary N) is 2. The minimum absolute atomic E-state index is 0.0103. The Labute approximate surface area is 199 Å². The number of ketones is 1. The fourth-order valence-electron chi connectivity index (χ4n) is 3.08. The monoisotopic (exact) mass is 502 g/mol. The van der Waals surface area contributed by atoms with Crippen molar-refractivity contribution in [3.05, 3.63) is 69.7 Å². The molecule has 2 aromatic rings. The van der Waals surface area contributed by atoms with Crippen LogP contribution < -0.4 is 10.6 Å². The summed E-state index contributed by atoms with van der Waals surface area (Å²) >= 11 is 11.9. The number of rotatable bonds is 9. The van der Waals surface area contributed by atoms with Gasteiger partial charge in [-0.2, -0.15) is 13.2 Å². The normalized spacial score (nSPS) is 13.3. The van der Waals surface area contributed by atoms with E-state index in [2.05, 4.69) is 10.6 Å². The van der Waals surface area contributed by atoms with E-state index in [-0.39, 0.29) is 6.42 Å². The number of aryl methyl sites for hydroxylation is 1. The molecule has 5 nitrogen and oxygen atoms in total. The van der Waals surface area contributed by atoms with E-state index in [1.165, 1.54) is 13.8 Å². The van der Waals surface area contributed by atoms with Crippen molar-refractivity contribution in [2.45, 2.75) is 44.9 Å². The average Bonchev–Trinajstić information content (AvgIpc) is 2.75. The van der Waals surface area contributed by atoms with Gasteiger partial charge in [0.1, 0.15) is 6.04 Å². The Morgan fingerprint density at radius 3 is 2.12 bits per heavy atom. The van der Waals surface area contributed by atoms with Crippen molar-refractivity contribution in [3.63, 3.8) is 0 Å². The molecule has 2 aromatic carbocycles. The lowest BCUT2D eigenvalue weighted by molar-refractivity contribution is -0.175. The Kier molecular flexibility index (Phi) is 9.31. The van der Waals surface area contributed by atoms with Gasteiger partial charge in [-0.05, 0) is 35.6 Å². The largest absolute Gasteiger partial charge is 0.452 e. The molecular weight excluding hydrogens is 480 g/mol. The summed E-state index contributed by atoms with van der Waals surface area (Å²) in [6.45, 7) is 2.78. The number of carbonyl (C=O) groups is 3. The molecule has 0 aliphatic heterocycles. The van der Waals surface area contributed by atoms with Crippen molar-refractivity contribution in [2.24, 2.45) is 5.92 Å². The Balaban J connectivity index is 2.17. The molecular formula is C23H23Cl2F3N2O3.